The van der Waals surface area contributed by atoms with E-state index in [9.17, 15) is 18.0 Å². The summed E-state index contributed by atoms with van der Waals surface area (Å²) in [6.07, 6.45) is -0.0652. The molecule has 1 aliphatic rings. The van der Waals surface area contributed by atoms with Crippen LogP contribution < -0.4 is 5.32 Å². The van der Waals surface area contributed by atoms with Gasteiger partial charge in [-0.25, -0.2) is 0 Å². The van der Waals surface area contributed by atoms with Gasteiger partial charge in [0, 0.05) is 24.7 Å². The Kier molecular flexibility index (Phi) is 4.35. The molecule has 1 saturated carbocycles. The largest absolute Gasteiger partial charge is 0.435 e. The average Bonchev–Trinajstić information content (AvgIpc) is 2.95. The van der Waals surface area contributed by atoms with Crippen LogP contribution in [0.2, 0.25) is 0 Å². The predicted molar refractivity (Wildman–Crippen MR) is 67.0 cm³/mol. The number of hydrogen-bond donors (Lipinski definition) is 1. The second-order valence-electron chi connectivity index (χ2n) is 5.19. The van der Waals surface area contributed by atoms with Gasteiger partial charge in [0.05, 0.1) is 0 Å². The molecule has 0 aromatic carbocycles. The number of nitrogens with zero attached hydrogens (tertiary/aromatic N) is 2. The molecule has 2 rings (SSSR count). The zero-order chi connectivity index (χ0) is 14.8. The topological polar surface area (TPSA) is 46.9 Å². The van der Waals surface area contributed by atoms with E-state index in [0.29, 0.717) is 5.69 Å². The third kappa shape index (κ3) is 3.74. The molecule has 1 amide bonds. The van der Waals surface area contributed by atoms with E-state index < -0.39 is 11.9 Å². The molecule has 1 aromatic rings. The number of aryl methyl sites for hydroxylation is 2. The van der Waals surface area contributed by atoms with E-state index in [-0.39, 0.29) is 24.9 Å². The summed E-state index contributed by atoms with van der Waals surface area (Å²) in [7, 11) is 0. The third-order valence-corrected chi connectivity index (χ3v) is 3.54. The van der Waals surface area contributed by atoms with Crippen LogP contribution in [-0.4, -0.2) is 21.7 Å². The molecule has 20 heavy (non-hydrogen) atoms. The van der Waals surface area contributed by atoms with Gasteiger partial charge in [-0.3, -0.25) is 9.48 Å². The van der Waals surface area contributed by atoms with Crippen LogP contribution in [0.15, 0.2) is 6.07 Å². The summed E-state index contributed by atoms with van der Waals surface area (Å²) in [5.74, 6) is -0.125. The standard InChI is InChI=1S/C13H18F3N3O/c1-9-8-11(13(14,15)16)18-19(9)7-6-12(20)17-10-4-2-3-5-10/h8,10H,2-7H2,1H3,(H,17,20). The van der Waals surface area contributed by atoms with Crippen LogP contribution in [0.3, 0.4) is 0 Å². The monoisotopic (exact) mass is 289 g/mol. The number of hydrogen-bond acceptors (Lipinski definition) is 2. The predicted octanol–water partition coefficient (Wildman–Crippen LogP) is 2.66. The number of rotatable bonds is 4. The first kappa shape index (κ1) is 14.9. The first-order chi connectivity index (χ1) is 9.36. The molecule has 1 aliphatic carbocycles. The Hall–Kier alpha value is -1.53. The second kappa shape index (κ2) is 5.85. The Balaban J connectivity index is 1.87. The van der Waals surface area contributed by atoms with Gasteiger partial charge in [-0.05, 0) is 25.8 Å². The van der Waals surface area contributed by atoms with E-state index in [0.717, 1.165) is 31.7 Å². The number of nitrogens with one attached hydrogen (secondary N) is 1. The van der Waals surface area contributed by atoms with Crippen LogP contribution in [0, 0.1) is 6.92 Å². The summed E-state index contributed by atoms with van der Waals surface area (Å²) in [6.45, 7) is 1.72. The highest BCUT2D eigenvalue weighted by Gasteiger charge is 2.34. The molecule has 0 aliphatic heterocycles. The Bertz CT molecular complexity index is 476. The van der Waals surface area contributed by atoms with E-state index >= 15 is 0 Å². The summed E-state index contributed by atoms with van der Waals surface area (Å²) in [5.41, 5.74) is -0.503. The lowest BCUT2D eigenvalue weighted by atomic mass is 10.2. The van der Waals surface area contributed by atoms with Crippen molar-refractivity contribution in [2.45, 2.75) is 57.8 Å². The van der Waals surface area contributed by atoms with Crippen LogP contribution in [0.4, 0.5) is 13.2 Å². The maximum atomic E-state index is 12.5. The van der Waals surface area contributed by atoms with Gasteiger partial charge in [0.25, 0.3) is 0 Å². The maximum absolute atomic E-state index is 12.5. The fraction of sp³-hybridized carbons (Fsp3) is 0.692. The van der Waals surface area contributed by atoms with Crippen molar-refractivity contribution in [2.24, 2.45) is 0 Å². The summed E-state index contributed by atoms with van der Waals surface area (Å²) < 4.78 is 38.7. The molecule has 112 valence electrons. The number of halogens is 3. The van der Waals surface area contributed by atoms with Crippen molar-refractivity contribution >= 4 is 5.91 Å². The Morgan fingerprint density at radius 2 is 2.10 bits per heavy atom. The smallest absolute Gasteiger partial charge is 0.353 e. The van der Waals surface area contributed by atoms with Crippen molar-refractivity contribution in [3.8, 4) is 0 Å². The third-order valence-electron chi connectivity index (χ3n) is 3.54. The van der Waals surface area contributed by atoms with E-state index in [2.05, 4.69) is 10.4 Å². The molecule has 7 heteroatoms. The van der Waals surface area contributed by atoms with Gasteiger partial charge < -0.3 is 5.32 Å². The number of carbonyl (C=O) groups excluding carboxylic acids is 1. The molecule has 0 unspecified atom stereocenters. The number of amides is 1. The fourth-order valence-electron chi connectivity index (χ4n) is 2.45. The molecular weight excluding hydrogens is 271 g/mol. The van der Waals surface area contributed by atoms with E-state index in [1.54, 1.807) is 6.92 Å². The van der Waals surface area contributed by atoms with Crippen LogP contribution in [0.25, 0.3) is 0 Å². The van der Waals surface area contributed by atoms with Crippen LogP contribution in [0.5, 0.6) is 0 Å². The molecule has 1 heterocycles. The van der Waals surface area contributed by atoms with Gasteiger partial charge in [0.1, 0.15) is 0 Å². The lowest BCUT2D eigenvalue weighted by Gasteiger charge is -2.12. The van der Waals surface area contributed by atoms with Crippen molar-refractivity contribution in [3.63, 3.8) is 0 Å². The fourth-order valence-corrected chi connectivity index (χ4v) is 2.45. The van der Waals surface area contributed by atoms with Gasteiger partial charge in [-0.1, -0.05) is 12.8 Å². The first-order valence-electron chi connectivity index (χ1n) is 6.77. The van der Waals surface area contributed by atoms with Crippen molar-refractivity contribution in [2.75, 3.05) is 0 Å². The van der Waals surface area contributed by atoms with Gasteiger partial charge in [-0.2, -0.15) is 18.3 Å². The quantitative estimate of drug-likeness (QED) is 0.926. The highest BCUT2D eigenvalue weighted by Crippen LogP contribution is 2.28. The normalized spacial score (nSPS) is 16.6. The zero-order valence-corrected chi connectivity index (χ0v) is 11.3. The summed E-state index contributed by atoms with van der Waals surface area (Å²) in [4.78, 5) is 11.7. The van der Waals surface area contributed by atoms with Crippen molar-refractivity contribution in [1.82, 2.24) is 15.1 Å². The van der Waals surface area contributed by atoms with Crippen molar-refractivity contribution in [3.05, 3.63) is 17.5 Å². The number of aromatic nitrogens is 2. The van der Waals surface area contributed by atoms with E-state index in [1.807, 2.05) is 0 Å². The molecule has 4 nitrogen and oxygen atoms in total. The maximum Gasteiger partial charge on any atom is 0.435 e. The molecule has 0 spiro atoms. The molecule has 0 bridgehead atoms. The van der Waals surface area contributed by atoms with Gasteiger partial charge in [0.15, 0.2) is 5.69 Å². The number of alkyl halides is 3. The molecule has 0 saturated heterocycles. The second-order valence-corrected chi connectivity index (χ2v) is 5.19. The van der Waals surface area contributed by atoms with Gasteiger partial charge in [-0.15, -0.1) is 0 Å². The van der Waals surface area contributed by atoms with Gasteiger partial charge >= 0.3 is 6.18 Å². The lowest BCUT2D eigenvalue weighted by molar-refractivity contribution is -0.141. The van der Waals surface area contributed by atoms with E-state index in [1.165, 1.54) is 4.68 Å². The minimum atomic E-state index is -4.44. The van der Waals surface area contributed by atoms with Crippen LogP contribution in [-0.2, 0) is 17.5 Å². The molecule has 1 N–H and O–H groups in total. The van der Waals surface area contributed by atoms with E-state index in [4.69, 9.17) is 0 Å². The molecule has 0 atom stereocenters. The number of carbonyl (C=O) groups is 1. The van der Waals surface area contributed by atoms with Crippen LogP contribution >= 0.6 is 0 Å². The molecular formula is C13H18F3N3O. The first-order valence-corrected chi connectivity index (χ1v) is 6.77. The van der Waals surface area contributed by atoms with Crippen LogP contribution in [0.1, 0.15) is 43.5 Å². The Labute approximate surface area is 115 Å². The molecule has 1 fully saturated rings. The highest BCUT2D eigenvalue weighted by molar-refractivity contribution is 5.76. The summed E-state index contributed by atoms with van der Waals surface area (Å²) in [5, 5.41) is 6.40. The Morgan fingerprint density at radius 1 is 1.45 bits per heavy atom. The Morgan fingerprint density at radius 3 is 2.65 bits per heavy atom. The highest BCUT2D eigenvalue weighted by atomic mass is 19.4. The zero-order valence-electron chi connectivity index (χ0n) is 11.3. The average molecular weight is 289 g/mol. The lowest BCUT2D eigenvalue weighted by Crippen LogP contribution is -2.33. The minimum Gasteiger partial charge on any atom is -0.353 e. The molecule has 0 radical (unpaired) electrons. The van der Waals surface area contributed by atoms with Gasteiger partial charge in [0.2, 0.25) is 5.91 Å². The molecule has 1 aromatic heterocycles. The van der Waals surface area contributed by atoms with Crippen molar-refractivity contribution < 1.29 is 18.0 Å². The minimum absolute atomic E-state index is 0.125. The summed E-state index contributed by atoms with van der Waals surface area (Å²) >= 11 is 0. The van der Waals surface area contributed by atoms with Crippen molar-refractivity contribution in [1.29, 1.82) is 0 Å². The SMILES string of the molecule is Cc1cc(C(F)(F)F)nn1CCC(=O)NC1CCCC1. The summed E-state index contributed by atoms with van der Waals surface area (Å²) in [6, 6.07) is 1.22.